The van der Waals surface area contributed by atoms with Crippen molar-refractivity contribution >= 4 is 17.4 Å². The molecule has 31 heavy (non-hydrogen) atoms. The summed E-state index contributed by atoms with van der Waals surface area (Å²) in [4.78, 5) is 43.2. The van der Waals surface area contributed by atoms with Gasteiger partial charge in [-0.3, -0.25) is 24.0 Å². The van der Waals surface area contributed by atoms with Gasteiger partial charge in [-0.1, -0.05) is 60.7 Å². The number of aromatic nitrogens is 2. The highest BCUT2D eigenvalue weighted by atomic mass is 16.2. The van der Waals surface area contributed by atoms with Gasteiger partial charge in [-0.2, -0.15) is 0 Å². The number of nitrogen functional groups attached to an aromatic ring is 1. The Morgan fingerprint density at radius 3 is 2.23 bits per heavy atom. The first-order valence-corrected chi connectivity index (χ1v) is 9.98. The molecule has 1 heterocycles. The van der Waals surface area contributed by atoms with E-state index < -0.39 is 11.2 Å². The van der Waals surface area contributed by atoms with Crippen LogP contribution in [0.25, 0.3) is 0 Å². The van der Waals surface area contributed by atoms with Crippen LogP contribution in [0, 0.1) is 0 Å². The van der Waals surface area contributed by atoms with Gasteiger partial charge in [-0.25, -0.2) is 4.79 Å². The predicted molar refractivity (Wildman–Crippen MR) is 122 cm³/mol. The largest absolute Gasteiger partial charge is 0.383 e. The molecule has 0 saturated heterocycles. The molecule has 0 radical (unpaired) electrons. The normalized spacial score (nSPS) is 12.0. The van der Waals surface area contributed by atoms with Gasteiger partial charge in [0, 0.05) is 13.1 Å². The number of hydrogen-bond donors (Lipinski definition) is 2. The molecule has 1 amide bonds. The van der Waals surface area contributed by atoms with E-state index in [1.54, 1.807) is 0 Å². The number of aromatic amines is 1. The van der Waals surface area contributed by atoms with Gasteiger partial charge in [0.2, 0.25) is 5.91 Å². The molecule has 3 aromatic rings. The van der Waals surface area contributed by atoms with Crippen molar-refractivity contribution in [2.45, 2.75) is 19.5 Å². The molecule has 0 aliphatic rings. The second-order valence-electron chi connectivity index (χ2n) is 7.52. The van der Waals surface area contributed by atoms with Crippen LogP contribution < -0.4 is 21.9 Å². The second-order valence-corrected chi connectivity index (χ2v) is 7.52. The van der Waals surface area contributed by atoms with E-state index in [9.17, 15) is 14.4 Å². The Labute approximate surface area is 180 Å². The third kappa shape index (κ3) is 4.92. The van der Waals surface area contributed by atoms with Crippen LogP contribution >= 0.6 is 0 Å². The lowest BCUT2D eigenvalue weighted by atomic mass is 10.1. The lowest BCUT2D eigenvalue weighted by molar-refractivity contribution is -0.119. The Hall–Kier alpha value is -3.65. The molecule has 0 bridgehead atoms. The number of rotatable bonds is 7. The van der Waals surface area contributed by atoms with Crippen molar-refractivity contribution in [3.05, 3.63) is 92.6 Å². The number of H-pyrrole nitrogens is 1. The summed E-state index contributed by atoms with van der Waals surface area (Å²) in [5.74, 6) is -0.361. The summed E-state index contributed by atoms with van der Waals surface area (Å²) in [6.45, 7) is 2.26. The second kappa shape index (κ2) is 9.44. The molecule has 0 fully saturated rings. The van der Waals surface area contributed by atoms with E-state index in [1.165, 1.54) is 16.5 Å². The number of nitrogens with one attached hydrogen (secondary N) is 1. The summed E-state index contributed by atoms with van der Waals surface area (Å²) in [6, 6.07) is 19.1. The summed E-state index contributed by atoms with van der Waals surface area (Å²) in [5.41, 5.74) is 6.76. The molecule has 0 aliphatic carbocycles. The molecule has 0 saturated carbocycles. The Morgan fingerprint density at radius 1 is 1.03 bits per heavy atom. The number of hydrogen-bond acceptors (Lipinski definition) is 5. The Kier molecular flexibility index (Phi) is 6.71. The smallest absolute Gasteiger partial charge is 0.330 e. The van der Waals surface area contributed by atoms with E-state index in [0.717, 1.165) is 11.1 Å². The van der Waals surface area contributed by atoms with E-state index in [0.29, 0.717) is 0 Å². The minimum atomic E-state index is -0.693. The van der Waals surface area contributed by atoms with Crippen molar-refractivity contribution in [3.63, 3.8) is 0 Å². The molecular weight excluding hydrogens is 394 g/mol. The Bertz CT molecular complexity index is 1160. The van der Waals surface area contributed by atoms with Crippen molar-refractivity contribution in [3.8, 4) is 0 Å². The quantitative estimate of drug-likeness (QED) is 0.606. The number of nitrogens with zero attached hydrogens (tertiary/aromatic N) is 3. The fourth-order valence-corrected chi connectivity index (χ4v) is 3.39. The molecule has 2 aromatic carbocycles. The van der Waals surface area contributed by atoms with Gasteiger partial charge < -0.3 is 10.6 Å². The van der Waals surface area contributed by atoms with Crippen molar-refractivity contribution in [2.24, 2.45) is 0 Å². The molecule has 0 aliphatic heterocycles. The highest BCUT2D eigenvalue weighted by Crippen LogP contribution is 2.20. The molecule has 1 aromatic heterocycles. The van der Waals surface area contributed by atoms with Crippen LogP contribution in [0.4, 0.5) is 11.5 Å². The zero-order valence-electron chi connectivity index (χ0n) is 17.9. The SMILES string of the molecule is C[C@@H](c1ccccc1)N(C)CC(=O)N(C)c1c(N)n(Cc2ccccc2)c(=O)[nH]c1=O. The maximum atomic E-state index is 12.9. The van der Waals surface area contributed by atoms with E-state index in [4.69, 9.17) is 5.73 Å². The molecule has 3 N–H and O–H groups in total. The third-order valence-electron chi connectivity index (χ3n) is 5.43. The summed E-state index contributed by atoms with van der Waals surface area (Å²) in [6.07, 6.45) is 0. The lowest BCUT2D eigenvalue weighted by Crippen LogP contribution is -2.43. The van der Waals surface area contributed by atoms with E-state index >= 15 is 0 Å². The monoisotopic (exact) mass is 421 g/mol. The predicted octanol–water partition coefficient (Wildman–Crippen LogP) is 1.82. The molecule has 1 atom stereocenters. The van der Waals surface area contributed by atoms with E-state index in [1.807, 2.05) is 79.5 Å². The number of carbonyl (C=O) groups excluding carboxylic acids is 1. The first-order chi connectivity index (χ1) is 14.8. The molecule has 0 unspecified atom stereocenters. The first kappa shape index (κ1) is 22.0. The van der Waals surface area contributed by atoms with Crippen LogP contribution in [0.1, 0.15) is 24.1 Å². The number of benzene rings is 2. The molecule has 162 valence electrons. The number of nitrogens with two attached hydrogens (primary N) is 1. The Morgan fingerprint density at radius 2 is 1.61 bits per heavy atom. The molecule has 0 spiro atoms. The Balaban J connectivity index is 1.84. The minimum absolute atomic E-state index is 0.00113. The standard InChI is InChI=1S/C23H27N5O3/c1-16(18-12-8-5-9-13-18)26(2)15-19(29)27(3)20-21(24)28(23(31)25-22(20)30)14-17-10-6-4-7-11-17/h4-13,16H,14-15,24H2,1-3H3,(H,25,30,31)/t16-/m0/s1. The van der Waals surface area contributed by atoms with Gasteiger partial charge in [0.25, 0.3) is 5.56 Å². The van der Waals surface area contributed by atoms with Gasteiger partial charge in [0.15, 0.2) is 5.69 Å². The van der Waals surface area contributed by atoms with Gasteiger partial charge in [-0.15, -0.1) is 0 Å². The zero-order valence-corrected chi connectivity index (χ0v) is 17.9. The number of amides is 1. The number of anilines is 2. The van der Waals surface area contributed by atoms with E-state index in [-0.39, 0.29) is 36.5 Å². The third-order valence-corrected chi connectivity index (χ3v) is 5.43. The fourth-order valence-electron chi connectivity index (χ4n) is 3.39. The van der Waals surface area contributed by atoms with Crippen LogP contribution in [-0.4, -0.2) is 41.0 Å². The van der Waals surface area contributed by atoms with Crippen LogP contribution in [-0.2, 0) is 11.3 Å². The van der Waals surface area contributed by atoms with Crippen LogP contribution in [0.5, 0.6) is 0 Å². The fraction of sp³-hybridized carbons (Fsp3) is 0.261. The number of likely N-dealkylation sites (N-methyl/N-ethyl adjacent to an activating group) is 2. The van der Waals surface area contributed by atoms with Gasteiger partial charge in [0.05, 0.1) is 13.1 Å². The number of carbonyl (C=O) groups is 1. The summed E-state index contributed by atoms with van der Waals surface area (Å²) in [5, 5.41) is 0. The average Bonchev–Trinajstić information content (AvgIpc) is 2.77. The molecule has 8 heteroatoms. The van der Waals surface area contributed by atoms with E-state index in [2.05, 4.69) is 4.98 Å². The van der Waals surface area contributed by atoms with Crippen LogP contribution in [0.2, 0.25) is 0 Å². The highest BCUT2D eigenvalue weighted by Gasteiger charge is 2.23. The van der Waals surface area contributed by atoms with Gasteiger partial charge in [-0.05, 0) is 25.1 Å². The maximum absolute atomic E-state index is 12.9. The van der Waals surface area contributed by atoms with Crippen molar-refractivity contribution in [1.29, 1.82) is 0 Å². The zero-order chi connectivity index (χ0) is 22.5. The summed E-state index contributed by atoms with van der Waals surface area (Å²) in [7, 11) is 3.33. The molecular formula is C23H27N5O3. The van der Waals surface area contributed by atoms with Gasteiger partial charge in [0.1, 0.15) is 5.82 Å². The summed E-state index contributed by atoms with van der Waals surface area (Å²) < 4.78 is 1.26. The topological polar surface area (TPSA) is 104 Å². The molecule has 8 nitrogen and oxygen atoms in total. The minimum Gasteiger partial charge on any atom is -0.383 e. The lowest BCUT2D eigenvalue weighted by Gasteiger charge is -2.27. The highest BCUT2D eigenvalue weighted by molar-refractivity contribution is 5.96. The first-order valence-electron chi connectivity index (χ1n) is 9.98. The van der Waals surface area contributed by atoms with Crippen molar-refractivity contribution < 1.29 is 4.79 Å². The van der Waals surface area contributed by atoms with Crippen LogP contribution in [0.15, 0.2) is 70.3 Å². The summed E-state index contributed by atoms with van der Waals surface area (Å²) >= 11 is 0. The average molecular weight is 422 g/mol. The van der Waals surface area contributed by atoms with Crippen molar-refractivity contribution in [1.82, 2.24) is 14.5 Å². The van der Waals surface area contributed by atoms with Gasteiger partial charge >= 0.3 is 5.69 Å². The molecule has 3 rings (SSSR count). The maximum Gasteiger partial charge on any atom is 0.330 e. The van der Waals surface area contributed by atoms with Crippen molar-refractivity contribution in [2.75, 3.05) is 31.3 Å². The van der Waals surface area contributed by atoms with Crippen LogP contribution in [0.3, 0.4) is 0 Å².